The Kier molecular flexibility index (Phi) is 5.99. The van der Waals surface area contributed by atoms with E-state index in [2.05, 4.69) is 24.0 Å². The summed E-state index contributed by atoms with van der Waals surface area (Å²) in [6.07, 6.45) is 8.20. The van der Waals surface area contributed by atoms with Gasteiger partial charge in [0.2, 0.25) is 0 Å². The van der Waals surface area contributed by atoms with E-state index in [1.807, 2.05) is 18.4 Å². The van der Waals surface area contributed by atoms with Crippen LogP contribution in [0.1, 0.15) is 54.6 Å². The van der Waals surface area contributed by atoms with Gasteiger partial charge in [-0.25, -0.2) is 4.98 Å². The standard InChI is InChI=1S/C14H24N2S2/c1-3-12-13(9-15-2)18-14(16-12)10-17-11-7-5-4-6-8-11/h11,15H,3-10H2,1-2H3. The largest absolute Gasteiger partial charge is 0.315 e. The highest BCUT2D eigenvalue weighted by atomic mass is 32.2. The molecular formula is C14H24N2S2. The van der Waals surface area contributed by atoms with E-state index in [9.17, 15) is 0 Å². The maximum atomic E-state index is 4.79. The molecule has 0 atom stereocenters. The summed E-state index contributed by atoms with van der Waals surface area (Å²) in [6, 6.07) is 0. The second-order valence-electron chi connectivity index (χ2n) is 4.93. The van der Waals surface area contributed by atoms with Crippen LogP contribution in [0.5, 0.6) is 0 Å². The fourth-order valence-corrected chi connectivity index (χ4v) is 5.01. The Morgan fingerprint density at radius 2 is 2.11 bits per heavy atom. The summed E-state index contributed by atoms with van der Waals surface area (Å²) in [6.45, 7) is 3.17. The topological polar surface area (TPSA) is 24.9 Å². The predicted molar refractivity (Wildman–Crippen MR) is 82.4 cm³/mol. The van der Waals surface area contributed by atoms with Gasteiger partial charge in [0.05, 0.1) is 5.69 Å². The number of thioether (sulfide) groups is 1. The molecule has 0 bridgehead atoms. The lowest BCUT2D eigenvalue weighted by Crippen LogP contribution is -2.08. The van der Waals surface area contributed by atoms with Crippen LogP contribution in [0.4, 0.5) is 0 Å². The number of aryl methyl sites for hydroxylation is 1. The van der Waals surface area contributed by atoms with Gasteiger partial charge in [0.25, 0.3) is 0 Å². The Morgan fingerprint density at radius 3 is 2.78 bits per heavy atom. The summed E-state index contributed by atoms with van der Waals surface area (Å²) < 4.78 is 0. The van der Waals surface area contributed by atoms with E-state index in [0.717, 1.165) is 24.0 Å². The third-order valence-corrected chi connectivity index (χ3v) is 6.15. The van der Waals surface area contributed by atoms with Crippen molar-refractivity contribution in [3.05, 3.63) is 15.6 Å². The van der Waals surface area contributed by atoms with Crippen molar-refractivity contribution in [3.8, 4) is 0 Å². The van der Waals surface area contributed by atoms with E-state index < -0.39 is 0 Å². The molecule has 1 aliphatic rings. The van der Waals surface area contributed by atoms with Crippen molar-refractivity contribution in [3.63, 3.8) is 0 Å². The number of thiazole rings is 1. The minimum absolute atomic E-state index is 0.889. The van der Waals surface area contributed by atoms with Gasteiger partial charge in [-0.15, -0.1) is 11.3 Å². The van der Waals surface area contributed by atoms with Gasteiger partial charge in [-0.3, -0.25) is 0 Å². The molecule has 18 heavy (non-hydrogen) atoms. The van der Waals surface area contributed by atoms with Crippen LogP contribution in [0.3, 0.4) is 0 Å². The lowest BCUT2D eigenvalue weighted by Gasteiger charge is -2.20. The first-order valence-corrected chi connectivity index (χ1v) is 8.93. The zero-order valence-corrected chi connectivity index (χ0v) is 13.1. The Labute approximate surface area is 119 Å². The van der Waals surface area contributed by atoms with Crippen molar-refractivity contribution in [1.82, 2.24) is 10.3 Å². The highest BCUT2D eigenvalue weighted by molar-refractivity contribution is 7.99. The molecule has 4 heteroatoms. The molecule has 0 radical (unpaired) electrons. The average Bonchev–Trinajstić information content (AvgIpc) is 2.80. The normalized spacial score (nSPS) is 17.2. The molecule has 0 spiro atoms. The van der Waals surface area contributed by atoms with E-state index >= 15 is 0 Å². The van der Waals surface area contributed by atoms with Crippen LogP contribution in [0.15, 0.2) is 0 Å². The second-order valence-corrected chi connectivity index (χ2v) is 7.39. The molecule has 0 unspecified atom stereocenters. The molecule has 0 amide bonds. The Bertz CT molecular complexity index is 357. The molecule has 2 nitrogen and oxygen atoms in total. The van der Waals surface area contributed by atoms with Crippen LogP contribution in [0.25, 0.3) is 0 Å². The van der Waals surface area contributed by atoms with Crippen molar-refractivity contribution in [2.24, 2.45) is 0 Å². The number of nitrogens with one attached hydrogen (secondary N) is 1. The minimum atomic E-state index is 0.889. The zero-order chi connectivity index (χ0) is 12.8. The molecule has 0 aromatic carbocycles. The van der Waals surface area contributed by atoms with Crippen molar-refractivity contribution in [2.75, 3.05) is 7.05 Å². The molecule has 1 aromatic heterocycles. The summed E-state index contributed by atoms with van der Waals surface area (Å²) in [7, 11) is 2.01. The number of rotatable bonds is 6. The Morgan fingerprint density at radius 1 is 1.33 bits per heavy atom. The highest BCUT2D eigenvalue weighted by Gasteiger charge is 2.15. The van der Waals surface area contributed by atoms with Crippen molar-refractivity contribution < 1.29 is 0 Å². The van der Waals surface area contributed by atoms with Crippen LogP contribution < -0.4 is 5.32 Å². The summed E-state index contributed by atoms with van der Waals surface area (Å²) in [5, 5.41) is 5.46. The van der Waals surface area contributed by atoms with E-state index in [-0.39, 0.29) is 0 Å². The first-order chi connectivity index (χ1) is 8.83. The van der Waals surface area contributed by atoms with Crippen LogP contribution in [0, 0.1) is 0 Å². The predicted octanol–water partition coefficient (Wildman–Crippen LogP) is 3.99. The van der Waals surface area contributed by atoms with Crippen molar-refractivity contribution in [2.45, 2.75) is 63.0 Å². The van der Waals surface area contributed by atoms with E-state index in [1.54, 1.807) is 0 Å². The number of hydrogen-bond donors (Lipinski definition) is 1. The molecule has 1 heterocycles. The fraction of sp³-hybridized carbons (Fsp3) is 0.786. The van der Waals surface area contributed by atoms with Gasteiger partial charge in [-0.05, 0) is 26.3 Å². The zero-order valence-electron chi connectivity index (χ0n) is 11.5. The quantitative estimate of drug-likeness (QED) is 0.855. The SMILES string of the molecule is CCc1nc(CSC2CCCCC2)sc1CNC. The molecule has 2 rings (SSSR count). The summed E-state index contributed by atoms with van der Waals surface area (Å²) in [5.41, 5.74) is 1.30. The second kappa shape index (κ2) is 7.51. The number of nitrogens with zero attached hydrogens (tertiary/aromatic N) is 1. The summed E-state index contributed by atoms with van der Waals surface area (Å²) in [4.78, 5) is 6.22. The third-order valence-electron chi connectivity index (χ3n) is 3.49. The molecule has 0 saturated heterocycles. The van der Waals surface area contributed by atoms with E-state index in [0.29, 0.717) is 0 Å². The average molecular weight is 284 g/mol. The third kappa shape index (κ3) is 3.97. The number of hydrogen-bond acceptors (Lipinski definition) is 4. The van der Waals surface area contributed by atoms with Gasteiger partial charge in [-0.1, -0.05) is 26.2 Å². The van der Waals surface area contributed by atoms with Gasteiger partial charge in [-0.2, -0.15) is 11.8 Å². The highest BCUT2D eigenvalue weighted by Crippen LogP contribution is 2.32. The smallest absolute Gasteiger partial charge is 0.103 e. The molecule has 1 fully saturated rings. The van der Waals surface area contributed by atoms with Crippen molar-refractivity contribution >= 4 is 23.1 Å². The van der Waals surface area contributed by atoms with Gasteiger partial charge >= 0.3 is 0 Å². The Hall–Kier alpha value is -0.0600. The summed E-state index contributed by atoms with van der Waals surface area (Å²) >= 11 is 4.03. The van der Waals surface area contributed by atoms with Crippen LogP contribution in [0.2, 0.25) is 0 Å². The van der Waals surface area contributed by atoms with Gasteiger partial charge in [0.1, 0.15) is 5.01 Å². The first kappa shape index (κ1) is 14.4. The maximum Gasteiger partial charge on any atom is 0.103 e. The first-order valence-electron chi connectivity index (χ1n) is 7.07. The molecule has 0 aliphatic heterocycles. The molecule has 1 N–H and O–H groups in total. The lowest BCUT2D eigenvalue weighted by atomic mass is 10.0. The molecule has 1 saturated carbocycles. The Balaban J connectivity index is 1.88. The van der Waals surface area contributed by atoms with Crippen molar-refractivity contribution in [1.29, 1.82) is 0 Å². The fourth-order valence-electron chi connectivity index (χ4n) is 2.49. The van der Waals surface area contributed by atoms with Gasteiger partial charge < -0.3 is 5.32 Å². The van der Waals surface area contributed by atoms with E-state index in [1.165, 1.54) is 47.7 Å². The number of aromatic nitrogens is 1. The minimum Gasteiger partial charge on any atom is -0.315 e. The molecule has 1 aliphatic carbocycles. The van der Waals surface area contributed by atoms with Crippen LogP contribution in [-0.4, -0.2) is 17.3 Å². The van der Waals surface area contributed by atoms with Gasteiger partial charge in [0.15, 0.2) is 0 Å². The molecular weight excluding hydrogens is 260 g/mol. The summed E-state index contributed by atoms with van der Waals surface area (Å²) in [5.74, 6) is 1.12. The van der Waals surface area contributed by atoms with Gasteiger partial charge in [0, 0.05) is 22.4 Å². The molecule has 102 valence electrons. The van der Waals surface area contributed by atoms with Crippen LogP contribution >= 0.6 is 23.1 Å². The van der Waals surface area contributed by atoms with Crippen LogP contribution in [-0.2, 0) is 18.7 Å². The lowest BCUT2D eigenvalue weighted by molar-refractivity contribution is 0.516. The molecule has 1 aromatic rings. The van der Waals surface area contributed by atoms with E-state index in [4.69, 9.17) is 4.98 Å². The maximum absolute atomic E-state index is 4.79. The monoisotopic (exact) mass is 284 g/mol.